The Balaban J connectivity index is 1.42. The third-order valence-electron chi connectivity index (χ3n) is 4.50. The van der Waals surface area contributed by atoms with Gasteiger partial charge in [-0.2, -0.15) is 0 Å². The van der Waals surface area contributed by atoms with Crippen LogP contribution >= 0.6 is 15.9 Å². The summed E-state index contributed by atoms with van der Waals surface area (Å²) in [4.78, 5) is 60.3. The predicted octanol–water partition coefficient (Wildman–Crippen LogP) is 0.947. The van der Waals surface area contributed by atoms with Gasteiger partial charge < -0.3 is 4.74 Å². The molecule has 0 unspecified atom stereocenters. The van der Waals surface area contributed by atoms with Crippen LogP contribution in [0.2, 0.25) is 0 Å². The number of hydrogen-bond donors (Lipinski definition) is 3. The number of ether oxygens (including phenoxy) is 1. The molecule has 0 saturated carbocycles. The van der Waals surface area contributed by atoms with E-state index in [9.17, 15) is 24.0 Å². The molecule has 2 aromatic carbocycles. The fourth-order valence-electron chi connectivity index (χ4n) is 2.84. The first-order chi connectivity index (χ1) is 15.3. The molecule has 1 aliphatic heterocycles. The van der Waals surface area contributed by atoms with Gasteiger partial charge in [0.05, 0.1) is 12.5 Å². The van der Waals surface area contributed by atoms with Crippen LogP contribution in [0.4, 0.5) is 0 Å². The Kier molecular flexibility index (Phi) is 7.55. The number of amides is 4. The van der Waals surface area contributed by atoms with Crippen LogP contribution in [0, 0.1) is 5.92 Å². The molecule has 2 aromatic rings. The van der Waals surface area contributed by atoms with Crippen LogP contribution in [0.1, 0.15) is 27.1 Å². The summed E-state index contributed by atoms with van der Waals surface area (Å²) in [7, 11) is 0. The number of hydrogen-bond acceptors (Lipinski definition) is 6. The van der Waals surface area contributed by atoms with E-state index in [-0.39, 0.29) is 13.0 Å². The van der Waals surface area contributed by atoms with Gasteiger partial charge in [0.15, 0.2) is 6.61 Å². The molecule has 4 amide bonds. The number of hydrazine groups is 2. The lowest BCUT2D eigenvalue weighted by atomic mass is 10.1. The lowest BCUT2D eigenvalue weighted by Gasteiger charge is -2.17. The minimum absolute atomic E-state index is 0.0771. The van der Waals surface area contributed by atoms with Crippen LogP contribution in [0.25, 0.3) is 0 Å². The Morgan fingerprint density at radius 3 is 2.28 bits per heavy atom. The van der Waals surface area contributed by atoms with Crippen LogP contribution in [0.5, 0.6) is 0 Å². The second-order valence-electron chi connectivity index (χ2n) is 6.83. The molecule has 32 heavy (non-hydrogen) atoms. The maximum Gasteiger partial charge on any atom is 0.311 e. The smallest absolute Gasteiger partial charge is 0.311 e. The van der Waals surface area contributed by atoms with E-state index in [1.807, 2.05) is 0 Å². The van der Waals surface area contributed by atoms with E-state index in [2.05, 4.69) is 32.2 Å². The number of halogens is 1. The second-order valence-corrected chi connectivity index (χ2v) is 7.74. The van der Waals surface area contributed by atoms with Crippen molar-refractivity contribution in [2.24, 2.45) is 5.92 Å². The van der Waals surface area contributed by atoms with Crippen molar-refractivity contribution in [1.29, 1.82) is 0 Å². The Hall–Kier alpha value is -3.73. The predicted molar refractivity (Wildman–Crippen MR) is 114 cm³/mol. The van der Waals surface area contributed by atoms with Crippen molar-refractivity contribution in [3.8, 4) is 0 Å². The molecule has 1 heterocycles. The molecule has 0 aliphatic carbocycles. The summed E-state index contributed by atoms with van der Waals surface area (Å²) in [6.45, 7) is -0.712. The largest absolute Gasteiger partial charge is 0.455 e. The highest BCUT2D eigenvalue weighted by atomic mass is 79.9. The maximum atomic E-state index is 12.3. The van der Waals surface area contributed by atoms with E-state index in [1.165, 1.54) is 0 Å². The van der Waals surface area contributed by atoms with Crippen LogP contribution in [0.3, 0.4) is 0 Å². The monoisotopic (exact) mass is 502 g/mol. The van der Waals surface area contributed by atoms with Crippen LogP contribution in [-0.4, -0.2) is 47.8 Å². The number of benzene rings is 2. The number of carbonyl (C=O) groups is 5. The molecule has 10 nitrogen and oxygen atoms in total. The average molecular weight is 503 g/mol. The number of esters is 1. The molecule has 1 saturated heterocycles. The minimum atomic E-state index is -0.834. The fourth-order valence-corrected chi connectivity index (χ4v) is 3.11. The molecule has 3 rings (SSSR count). The molecule has 1 fully saturated rings. The van der Waals surface area contributed by atoms with Crippen molar-refractivity contribution in [2.75, 3.05) is 13.2 Å². The molecular formula is C21H19BrN4O6. The minimum Gasteiger partial charge on any atom is -0.455 e. The standard InChI is InChI=1S/C21H19BrN4O6/c22-16-8-6-14(7-9-16)20(30)25-26-11-15(10-18(26)28)21(31)32-12-17(27)23-24-19(29)13-4-2-1-3-5-13/h1-9,15H,10-12H2,(H,23,27)(H,24,29)(H,25,30)/t15-/m1/s1. The first-order valence-electron chi connectivity index (χ1n) is 9.51. The molecule has 1 atom stereocenters. The van der Waals surface area contributed by atoms with Crippen molar-refractivity contribution < 1.29 is 28.7 Å². The van der Waals surface area contributed by atoms with Crippen molar-refractivity contribution in [3.05, 3.63) is 70.2 Å². The lowest BCUT2D eigenvalue weighted by Crippen LogP contribution is -2.44. The summed E-state index contributed by atoms with van der Waals surface area (Å²) in [6.07, 6.45) is -0.161. The lowest BCUT2D eigenvalue weighted by molar-refractivity contribution is -0.152. The van der Waals surface area contributed by atoms with Gasteiger partial charge in [0, 0.05) is 22.0 Å². The van der Waals surface area contributed by atoms with Gasteiger partial charge in [-0.05, 0) is 36.4 Å². The molecule has 3 N–H and O–H groups in total. The normalized spacial score (nSPS) is 15.1. The van der Waals surface area contributed by atoms with Crippen LogP contribution in [0.15, 0.2) is 59.1 Å². The zero-order valence-corrected chi connectivity index (χ0v) is 18.3. The quantitative estimate of drug-likeness (QED) is 0.397. The van der Waals surface area contributed by atoms with Crippen LogP contribution in [-0.2, 0) is 19.1 Å². The van der Waals surface area contributed by atoms with Crippen molar-refractivity contribution in [3.63, 3.8) is 0 Å². The summed E-state index contributed by atoms with van der Waals surface area (Å²) in [5, 5.41) is 1.05. The van der Waals surface area contributed by atoms with Gasteiger partial charge in [0.2, 0.25) is 5.91 Å². The number of rotatable bonds is 6. The highest BCUT2D eigenvalue weighted by Gasteiger charge is 2.36. The van der Waals surface area contributed by atoms with E-state index >= 15 is 0 Å². The summed E-state index contributed by atoms with van der Waals surface area (Å²) < 4.78 is 5.73. The van der Waals surface area contributed by atoms with Crippen LogP contribution < -0.4 is 16.3 Å². The molecule has 0 radical (unpaired) electrons. The highest BCUT2D eigenvalue weighted by Crippen LogP contribution is 2.18. The van der Waals surface area contributed by atoms with E-state index in [0.717, 1.165) is 9.48 Å². The van der Waals surface area contributed by atoms with Gasteiger partial charge in [-0.25, -0.2) is 0 Å². The number of nitrogens with one attached hydrogen (secondary N) is 3. The van der Waals surface area contributed by atoms with E-state index in [4.69, 9.17) is 4.74 Å². The number of carbonyl (C=O) groups excluding carboxylic acids is 5. The fraction of sp³-hybridized carbons (Fsp3) is 0.190. The van der Waals surface area contributed by atoms with Gasteiger partial charge in [-0.1, -0.05) is 34.1 Å². The summed E-state index contributed by atoms with van der Waals surface area (Å²) >= 11 is 3.27. The number of nitrogens with zero attached hydrogens (tertiary/aromatic N) is 1. The van der Waals surface area contributed by atoms with Gasteiger partial charge in [-0.3, -0.25) is 45.3 Å². The highest BCUT2D eigenvalue weighted by molar-refractivity contribution is 9.10. The third-order valence-corrected chi connectivity index (χ3v) is 5.03. The molecule has 1 aliphatic rings. The molecule has 0 spiro atoms. The van der Waals surface area contributed by atoms with Gasteiger partial charge in [-0.15, -0.1) is 0 Å². The van der Waals surface area contributed by atoms with Gasteiger partial charge in [0.1, 0.15) is 0 Å². The van der Waals surface area contributed by atoms with Crippen molar-refractivity contribution >= 4 is 45.5 Å². The Labute approximate surface area is 191 Å². The van der Waals surface area contributed by atoms with E-state index < -0.39 is 42.1 Å². The Bertz CT molecular complexity index is 1030. The van der Waals surface area contributed by atoms with Crippen molar-refractivity contribution in [2.45, 2.75) is 6.42 Å². The van der Waals surface area contributed by atoms with Gasteiger partial charge >= 0.3 is 5.97 Å². The first kappa shape index (κ1) is 22.9. The molecule has 0 bridgehead atoms. The molecule has 166 valence electrons. The maximum absolute atomic E-state index is 12.3. The zero-order chi connectivity index (χ0) is 23.1. The summed E-state index contributed by atoms with van der Waals surface area (Å²) in [5.74, 6) is -3.80. The molecular weight excluding hydrogens is 484 g/mol. The zero-order valence-electron chi connectivity index (χ0n) is 16.7. The van der Waals surface area contributed by atoms with Gasteiger partial charge in [0.25, 0.3) is 17.7 Å². The molecule has 0 aromatic heterocycles. The Morgan fingerprint density at radius 2 is 1.59 bits per heavy atom. The molecule has 11 heteroatoms. The SMILES string of the molecule is O=C(COC(=O)[C@@H]1CC(=O)N(NC(=O)c2ccc(Br)cc2)C1)NNC(=O)c1ccccc1. The topological polar surface area (TPSA) is 134 Å². The average Bonchev–Trinajstić information content (AvgIpc) is 3.17. The van der Waals surface area contributed by atoms with E-state index in [1.54, 1.807) is 54.6 Å². The first-order valence-corrected chi connectivity index (χ1v) is 10.3. The summed E-state index contributed by atoms with van der Waals surface area (Å²) in [5.41, 5.74) is 7.50. The van der Waals surface area contributed by atoms with E-state index in [0.29, 0.717) is 11.1 Å². The second kappa shape index (κ2) is 10.5. The van der Waals surface area contributed by atoms with Crippen molar-refractivity contribution in [1.82, 2.24) is 21.3 Å². The Morgan fingerprint density at radius 1 is 0.938 bits per heavy atom. The summed E-state index contributed by atoms with van der Waals surface area (Å²) in [6, 6.07) is 14.8. The third kappa shape index (κ3) is 6.14.